The number of carbonyl (C=O) groups is 1. The van der Waals surface area contributed by atoms with E-state index < -0.39 is 0 Å². The number of aryl methyl sites for hydroxylation is 1. The minimum absolute atomic E-state index is 0.126. The molecule has 1 heterocycles. The van der Waals surface area contributed by atoms with Crippen LogP contribution in [0.25, 0.3) is 0 Å². The molecule has 16 heavy (non-hydrogen) atoms. The first kappa shape index (κ1) is 12.6. The van der Waals surface area contributed by atoms with Gasteiger partial charge in [-0.05, 0) is 12.8 Å². The summed E-state index contributed by atoms with van der Waals surface area (Å²) in [5.41, 5.74) is 0. The maximum absolute atomic E-state index is 11.0. The van der Waals surface area contributed by atoms with Crippen molar-refractivity contribution in [2.75, 3.05) is 13.7 Å². The summed E-state index contributed by atoms with van der Waals surface area (Å²) in [6, 6.07) is -0.139. The molecular formula is C10H17N3O3. The van der Waals surface area contributed by atoms with Crippen molar-refractivity contribution in [1.29, 1.82) is 0 Å². The number of rotatable bonds is 5. The van der Waals surface area contributed by atoms with Crippen LogP contribution in [0.5, 0.6) is 0 Å². The van der Waals surface area contributed by atoms with Crippen molar-refractivity contribution in [1.82, 2.24) is 15.5 Å². The topological polar surface area (TPSA) is 77.2 Å². The minimum Gasteiger partial charge on any atom is -0.468 e. The van der Waals surface area contributed by atoms with Crippen LogP contribution in [0.1, 0.15) is 31.6 Å². The minimum atomic E-state index is -0.318. The Morgan fingerprint density at radius 3 is 2.69 bits per heavy atom. The van der Waals surface area contributed by atoms with Gasteiger partial charge in [0.05, 0.1) is 19.7 Å². The van der Waals surface area contributed by atoms with Gasteiger partial charge in [0, 0.05) is 0 Å². The van der Waals surface area contributed by atoms with Crippen LogP contribution in [0.4, 0.5) is 0 Å². The quantitative estimate of drug-likeness (QED) is 0.751. The van der Waals surface area contributed by atoms with Gasteiger partial charge in [0.1, 0.15) is 0 Å². The number of carbonyl (C=O) groups excluding carboxylic acids is 1. The zero-order valence-corrected chi connectivity index (χ0v) is 9.98. The predicted octanol–water partition coefficient (Wildman–Crippen LogP) is 0.838. The Bertz CT molecular complexity index is 349. The van der Waals surface area contributed by atoms with Crippen LogP contribution in [0.2, 0.25) is 0 Å². The average molecular weight is 227 g/mol. The first-order valence-corrected chi connectivity index (χ1v) is 5.15. The lowest BCUT2D eigenvalue weighted by Crippen LogP contribution is -2.31. The predicted molar refractivity (Wildman–Crippen MR) is 56.6 cm³/mol. The molecule has 0 bridgehead atoms. The van der Waals surface area contributed by atoms with E-state index in [1.165, 1.54) is 7.11 Å². The van der Waals surface area contributed by atoms with E-state index in [0.29, 0.717) is 11.7 Å². The standard InChI is InChI=1S/C10H17N3O3/c1-6(2)9(11-5-8(14)15-4)10-12-7(3)13-16-10/h6,9,11H,5H2,1-4H3. The molecule has 6 nitrogen and oxygen atoms in total. The molecule has 1 aromatic heterocycles. The highest BCUT2D eigenvalue weighted by atomic mass is 16.5. The SMILES string of the molecule is COC(=O)CNC(c1nc(C)no1)C(C)C. The number of ether oxygens (including phenoxy) is 1. The molecule has 1 rings (SSSR count). The van der Waals surface area contributed by atoms with Gasteiger partial charge in [0.25, 0.3) is 0 Å². The lowest BCUT2D eigenvalue weighted by molar-refractivity contribution is -0.139. The first-order chi connectivity index (χ1) is 7.54. The molecule has 0 fully saturated rings. The zero-order valence-electron chi connectivity index (χ0n) is 9.98. The van der Waals surface area contributed by atoms with E-state index in [9.17, 15) is 4.79 Å². The van der Waals surface area contributed by atoms with Crippen molar-refractivity contribution in [3.63, 3.8) is 0 Å². The maximum Gasteiger partial charge on any atom is 0.319 e. The highest BCUT2D eigenvalue weighted by Gasteiger charge is 2.22. The average Bonchev–Trinajstić information content (AvgIpc) is 2.64. The number of nitrogens with one attached hydrogen (secondary N) is 1. The monoisotopic (exact) mass is 227 g/mol. The molecule has 6 heteroatoms. The Hall–Kier alpha value is -1.43. The number of aromatic nitrogens is 2. The molecule has 0 aliphatic carbocycles. The lowest BCUT2D eigenvalue weighted by atomic mass is 10.0. The van der Waals surface area contributed by atoms with Crippen LogP contribution in [-0.2, 0) is 9.53 Å². The molecule has 0 saturated carbocycles. The third kappa shape index (κ3) is 3.30. The number of hydrogen-bond acceptors (Lipinski definition) is 6. The molecule has 0 aliphatic rings. The third-order valence-corrected chi connectivity index (χ3v) is 2.17. The summed E-state index contributed by atoms with van der Waals surface area (Å²) in [7, 11) is 1.35. The van der Waals surface area contributed by atoms with Gasteiger partial charge in [-0.25, -0.2) is 0 Å². The maximum atomic E-state index is 11.0. The highest BCUT2D eigenvalue weighted by Crippen LogP contribution is 2.19. The summed E-state index contributed by atoms with van der Waals surface area (Å²) in [5.74, 6) is 1.00. The molecule has 0 amide bonds. The second kappa shape index (κ2) is 5.60. The van der Waals surface area contributed by atoms with Crippen molar-refractivity contribution < 1.29 is 14.1 Å². The van der Waals surface area contributed by atoms with Crippen LogP contribution in [-0.4, -0.2) is 29.8 Å². The van der Waals surface area contributed by atoms with E-state index in [4.69, 9.17) is 4.52 Å². The van der Waals surface area contributed by atoms with Gasteiger partial charge in [-0.1, -0.05) is 19.0 Å². The normalized spacial score (nSPS) is 12.8. The molecule has 0 aliphatic heterocycles. The first-order valence-electron chi connectivity index (χ1n) is 5.15. The third-order valence-electron chi connectivity index (χ3n) is 2.17. The van der Waals surface area contributed by atoms with E-state index in [0.717, 1.165) is 0 Å². The summed E-state index contributed by atoms with van der Waals surface area (Å²) < 4.78 is 9.63. The van der Waals surface area contributed by atoms with Gasteiger partial charge in [0.15, 0.2) is 5.82 Å². The van der Waals surface area contributed by atoms with Crippen LogP contribution in [0, 0.1) is 12.8 Å². The summed E-state index contributed by atoms with van der Waals surface area (Å²) in [6.07, 6.45) is 0. The fourth-order valence-corrected chi connectivity index (χ4v) is 1.31. The second-order valence-electron chi connectivity index (χ2n) is 3.86. The molecule has 1 atom stereocenters. The van der Waals surface area contributed by atoms with E-state index in [1.54, 1.807) is 6.92 Å². The fraction of sp³-hybridized carbons (Fsp3) is 0.700. The zero-order chi connectivity index (χ0) is 12.1. The Balaban J connectivity index is 2.65. The van der Waals surface area contributed by atoms with Crippen molar-refractivity contribution in [3.05, 3.63) is 11.7 Å². The van der Waals surface area contributed by atoms with Gasteiger partial charge in [-0.15, -0.1) is 0 Å². The second-order valence-corrected chi connectivity index (χ2v) is 3.86. The van der Waals surface area contributed by atoms with Crippen LogP contribution in [0.15, 0.2) is 4.52 Å². The van der Waals surface area contributed by atoms with E-state index in [-0.39, 0.29) is 24.5 Å². The van der Waals surface area contributed by atoms with Crippen LogP contribution >= 0.6 is 0 Å². The molecule has 1 N–H and O–H groups in total. The summed E-state index contributed by atoms with van der Waals surface area (Å²) in [4.78, 5) is 15.2. The fourth-order valence-electron chi connectivity index (χ4n) is 1.31. The molecule has 1 aromatic rings. The molecular weight excluding hydrogens is 210 g/mol. The Labute approximate surface area is 94.4 Å². The molecule has 1 unspecified atom stereocenters. The van der Waals surface area contributed by atoms with E-state index >= 15 is 0 Å². The van der Waals surface area contributed by atoms with Crippen LogP contribution < -0.4 is 5.32 Å². The molecule has 0 radical (unpaired) electrons. The molecule has 0 spiro atoms. The summed E-state index contributed by atoms with van der Waals surface area (Å²) >= 11 is 0. The summed E-state index contributed by atoms with van der Waals surface area (Å²) in [5, 5.41) is 6.75. The van der Waals surface area contributed by atoms with E-state index in [2.05, 4.69) is 20.2 Å². The smallest absolute Gasteiger partial charge is 0.319 e. The van der Waals surface area contributed by atoms with Gasteiger partial charge in [-0.2, -0.15) is 4.98 Å². The van der Waals surface area contributed by atoms with Crippen molar-refractivity contribution >= 4 is 5.97 Å². The summed E-state index contributed by atoms with van der Waals surface area (Å²) in [6.45, 7) is 5.90. The molecule has 0 aromatic carbocycles. The highest BCUT2D eigenvalue weighted by molar-refractivity contribution is 5.71. The number of esters is 1. The number of hydrogen-bond donors (Lipinski definition) is 1. The van der Waals surface area contributed by atoms with Crippen molar-refractivity contribution in [3.8, 4) is 0 Å². The molecule has 0 saturated heterocycles. The van der Waals surface area contributed by atoms with Gasteiger partial charge >= 0.3 is 5.97 Å². The van der Waals surface area contributed by atoms with Crippen molar-refractivity contribution in [2.24, 2.45) is 5.92 Å². The largest absolute Gasteiger partial charge is 0.468 e. The van der Waals surface area contributed by atoms with Crippen LogP contribution in [0.3, 0.4) is 0 Å². The number of methoxy groups -OCH3 is 1. The number of nitrogens with zero attached hydrogens (tertiary/aromatic N) is 2. The Kier molecular flexibility index (Phi) is 4.42. The van der Waals surface area contributed by atoms with E-state index in [1.807, 2.05) is 13.8 Å². The lowest BCUT2D eigenvalue weighted by Gasteiger charge is -2.17. The van der Waals surface area contributed by atoms with Crippen molar-refractivity contribution in [2.45, 2.75) is 26.8 Å². The van der Waals surface area contributed by atoms with Gasteiger partial charge in [0.2, 0.25) is 5.89 Å². The van der Waals surface area contributed by atoms with Gasteiger partial charge in [-0.3, -0.25) is 10.1 Å². The van der Waals surface area contributed by atoms with Gasteiger partial charge < -0.3 is 9.26 Å². The Morgan fingerprint density at radius 1 is 1.56 bits per heavy atom. The molecule has 90 valence electrons. The Morgan fingerprint density at radius 2 is 2.25 bits per heavy atom.